The van der Waals surface area contributed by atoms with Gasteiger partial charge in [-0.05, 0) is 47.7 Å². The summed E-state index contributed by atoms with van der Waals surface area (Å²) in [5, 5.41) is 3.27. The standard InChI is InChI=1S/C17H15N3O3S/c1-22-13-6-5-11(8-14(13)23-2)9-15-16(21)20-17(24-15)19-12-4-3-7-18-10-12/h3-10H,1-2H3,(H,19,20,21)/b15-9-. The lowest BCUT2D eigenvalue weighted by Gasteiger charge is -2.07. The number of aromatic nitrogens is 1. The number of hydrogen-bond acceptors (Lipinski definition) is 6. The Kier molecular flexibility index (Phi) is 4.81. The van der Waals surface area contributed by atoms with Crippen LogP contribution in [0.5, 0.6) is 11.5 Å². The van der Waals surface area contributed by atoms with Crippen molar-refractivity contribution in [3.8, 4) is 11.5 Å². The van der Waals surface area contributed by atoms with Crippen LogP contribution in [-0.4, -0.2) is 30.3 Å². The van der Waals surface area contributed by atoms with Crippen molar-refractivity contribution in [3.05, 3.63) is 53.2 Å². The lowest BCUT2D eigenvalue weighted by molar-refractivity contribution is -0.115. The number of thioether (sulfide) groups is 1. The van der Waals surface area contributed by atoms with Gasteiger partial charge in [-0.3, -0.25) is 9.78 Å². The molecule has 2 heterocycles. The molecule has 0 radical (unpaired) electrons. The Bertz CT molecular complexity index is 819. The van der Waals surface area contributed by atoms with Crippen molar-refractivity contribution in [1.82, 2.24) is 10.3 Å². The molecule has 1 fully saturated rings. The first-order valence-electron chi connectivity index (χ1n) is 7.11. The molecule has 1 aliphatic rings. The van der Waals surface area contributed by atoms with Crippen LogP contribution in [0, 0.1) is 0 Å². The van der Waals surface area contributed by atoms with Gasteiger partial charge in [0.2, 0.25) is 0 Å². The molecule has 1 aromatic carbocycles. The molecule has 0 bridgehead atoms. The maximum atomic E-state index is 12.1. The molecule has 6 nitrogen and oxygen atoms in total. The number of amides is 1. The Morgan fingerprint density at radius 2 is 2.04 bits per heavy atom. The van der Waals surface area contributed by atoms with Gasteiger partial charge >= 0.3 is 0 Å². The molecule has 24 heavy (non-hydrogen) atoms. The van der Waals surface area contributed by atoms with Gasteiger partial charge in [0.05, 0.1) is 31.0 Å². The van der Waals surface area contributed by atoms with E-state index in [9.17, 15) is 4.79 Å². The van der Waals surface area contributed by atoms with E-state index >= 15 is 0 Å². The molecule has 1 aliphatic heterocycles. The highest BCUT2D eigenvalue weighted by atomic mass is 32.2. The van der Waals surface area contributed by atoms with Gasteiger partial charge in [-0.2, -0.15) is 0 Å². The third kappa shape index (κ3) is 3.57. The summed E-state index contributed by atoms with van der Waals surface area (Å²) >= 11 is 1.28. The highest BCUT2D eigenvalue weighted by Gasteiger charge is 2.23. The Balaban J connectivity index is 1.84. The molecule has 0 atom stereocenters. The minimum Gasteiger partial charge on any atom is -0.493 e. The van der Waals surface area contributed by atoms with E-state index in [1.807, 2.05) is 18.2 Å². The smallest absolute Gasteiger partial charge is 0.264 e. The third-order valence-electron chi connectivity index (χ3n) is 3.23. The second-order valence-electron chi connectivity index (χ2n) is 4.81. The number of aliphatic imine (C=N–C) groups is 1. The van der Waals surface area contributed by atoms with E-state index in [-0.39, 0.29) is 5.91 Å². The Hall–Kier alpha value is -2.80. The minimum absolute atomic E-state index is 0.183. The average Bonchev–Trinajstić information content (AvgIpc) is 2.94. The highest BCUT2D eigenvalue weighted by molar-refractivity contribution is 8.18. The number of rotatable bonds is 4. The average molecular weight is 341 g/mol. The zero-order valence-corrected chi connectivity index (χ0v) is 14.0. The van der Waals surface area contributed by atoms with Crippen molar-refractivity contribution in [2.75, 3.05) is 14.2 Å². The molecule has 2 aromatic rings. The van der Waals surface area contributed by atoms with Gasteiger partial charge in [0.1, 0.15) is 0 Å². The molecule has 1 N–H and O–H groups in total. The fourth-order valence-corrected chi connectivity index (χ4v) is 2.95. The fraction of sp³-hybridized carbons (Fsp3) is 0.118. The zero-order valence-electron chi connectivity index (χ0n) is 13.1. The summed E-state index contributed by atoms with van der Waals surface area (Å²) in [5.41, 5.74) is 1.53. The largest absolute Gasteiger partial charge is 0.493 e. The number of methoxy groups -OCH3 is 2. The van der Waals surface area contributed by atoms with E-state index in [1.54, 1.807) is 44.8 Å². The summed E-state index contributed by atoms with van der Waals surface area (Å²) in [5.74, 6) is 1.07. The molecule has 122 valence electrons. The molecule has 1 amide bonds. The van der Waals surface area contributed by atoms with Crippen LogP contribution in [0.2, 0.25) is 0 Å². The quantitative estimate of drug-likeness (QED) is 0.866. The van der Waals surface area contributed by atoms with E-state index in [0.717, 1.165) is 5.56 Å². The second kappa shape index (κ2) is 7.18. The molecule has 1 aromatic heterocycles. The summed E-state index contributed by atoms with van der Waals surface area (Å²) in [4.78, 5) is 21.0. The van der Waals surface area contributed by atoms with E-state index in [2.05, 4.69) is 15.3 Å². The number of ether oxygens (including phenoxy) is 2. The lowest BCUT2D eigenvalue weighted by Crippen LogP contribution is -2.19. The SMILES string of the molecule is COc1ccc(/C=C2\SC(=Nc3cccnc3)NC2=O)cc1OC. The Morgan fingerprint density at radius 1 is 1.21 bits per heavy atom. The number of carbonyl (C=O) groups excluding carboxylic acids is 1. The van der Waals surface area contributed by atoms with Crippen molar-refractivity contribution < 1.29 is 14.3 Å². The minimum atomic E-state index is -0.183. The number of pyridine rings is 1. The molecule has 0 spiro atoms. The number of hydrogen-bond donors (Lipinski definition) is 1. The summed E-state index contributed by atoms with van der Waals surface area (Å²) < 4.78 is 10.5. The van der Waals surface area contributed by atoms with Crippen LogP contribution in [0.15, 0.2) is 52.6 Å². The van der Waals surface area contributed by atoms with Crippen molar-refractivity contribution in [3.63, 3.8) is 0 Å². The van der Waals surface area contributed by atoms with Gasteiger partial charge in [0.25, 0.3) is 5.91 Å². The van der Waals surface area contributed by atoms with Crippen molar-refractivity contribution in [1.29, 1.82) is 0 Å². The lowest BCUT2D eigenvalue weighted by atomic mass is 10.2. The van der Waals surface area contributed by atoms with E-state index in [0.29, 0.717) is 27.3 Å². The fourth-order valence-electron chi connectivity index (χ4n) is 2.11. The first-order valence-corrected chi connectivity index (χ1v) is 7.93. The van der Waals surface area contributed by atoms with Gasteiger partial charge in [-0.15, -0.1) is 0 Å². The van der Waals surface area contributed by atoms with E-state index in [1.165, 1.54) is 11.8 Å². The summed E-state index contributed by atoms with van der Waals surface area (Å²) in [7, 11) is 3.15. The number of nitrogens with zero attached hydrogens (tertiary/aromatic N) is 2. The van der Waals surface area contributed by atoms with Crippen LogP contribution < -0.4 is 14.8 Å². The molecule has 7 heteroatoms. The van der Waals surface area contributed by atoms with Crippen molar-refractivity contribution in [2.24, 2.45) is 4.99 Å². The number of nitrogens with one attached hydrogen (secondary N) is 1. The van der Waals surface area contributed by atoms with Gasteiger partial charge in [-0.25, -0.2) is 4.99 Å². The topological polar surface area (TPSA) is 72.8 Å². The maximum absolute atomic E-state index is 12.1. The zero-order chi connectivity index (χ0) is 16.9. The van der Waals surface area contributed by atoms with Crippen LogP contribution >= 0.6 is 11.8 Å². The van der Waals surface area contributed by atoms with Crippen molar-refractivity contribution in [2.45, 2.75) is 0 Å². The molecule has 0 saturated carbocycles. The van der Waals surface area contributed by atoms with Crippen LogP contribution in [0.1, 0.15) is 5.56 Å². The first kappa shape index (κ1) is 16.1. The van der Waals surface area contributed by atoms with Crippen LogP contribution in [0.3, 0.4) is 0 Å². The third-order valence-corrected chi connectivity index (χ3v) is 4.14. The summed E-state index contributed by atoms with van der Waals surface area (Å²) in [6.07, 6.45) is 5.09. The molecule has 0 aliphatic carbocycles. The Labute approximate surface area is 143 Å². The molecular formula is C17H15N3O3S. The van der Waals surface area contributed by atoms with E-state index < -0.39 is 0 Å². The van der Waals surface area contributed by atoms with E-state index in [4.69, 9.17) is 9.47 Å². The van der Waals surface area contributed by atoms with Crippen LogP contribution in [0.25, 0.3) is 6.08 Å². The summed E-state index contributed by atoms with van der Waals surface area (Å²) in [6.45, 7) is 0. The molecular weight excluding hydrogens is 326 g/mol. The number of amidine groups is 1. The number of benzene rings is 1. The van der Waals surface area contributed by atoms with Crippen LogP contribution in [-0.2, 0) is 4.79 Å². The summed E-state index contributed by atoms with van der Waals surface area (Å²) in [6, 6.07) is 9.09. The normalized spacial score (nSPS) is 17.2. The van der Waals surface area contributed by atoms with Gasteiger partial charge < -0.3 is 14.8 Å². The van der Waals surface area contributed by atoms with Gasteiger partial charge in [0, 0.05) is 6.20 Å². The molecule has 3 rings (SSSR count). The predicted molar refractivity (Wildman–Crippen MR) is 94.6 cm³/mol. The predicted octanol–water partition coefficient (Wildman–Crippen LogP) is 2.99. The number of carbonyl (C=O) groups is 1. The monoisotopic (exact) mass is 341 g/mol. The molecule has 0 unspecified atom stereocenters. The Morgan fingerprint density at radius 3 is 2.75 bits per heavy atom. The highest BCUT2D eigenvalue weighted by Crippen LogP contribution is 2.31. The van der Waals surface area contributed by atoms with Gasteiger partial charge in [-0.1, -0.05) is 6.07 Å². The second-order valence-corrected chi connectivity index (χ2v) is 5.84. The van der Waals surface area contributed by atoms with Crippen LogP contribution in [0.4, 0.5) is 5.69 Å². The van der Waals surface area contributed by atoms with Crippen molar-refractivity contribution >= 4 is 34.6 Å². The van der Waals surface area contributed by atoms with Gasteiger partial charge in [0.15, 0.2) is 16.7 Å². The maximum Gasteiger partial charge on any atom is 0.264 e. The first-order chi connectivity index (χ1) is 11.7. The molecule has 1 saturated heterocycles.